The number of carbonyl (C=O) groups excluding carboxylic acids is 2. The smallest absolute Gasteiger partial charge is 0.255 e. The van der Waals surface area contributed by atoms with Gasteiger partial charge in [0.15, 0.2) is 0 Å². The first-order chi connectivity index (χ1) is 19.9. The SMILES string of the molecule is O=C(CCC(Nc1ncnc2cc(C(=O)N3CCCC3)c(Cl)cc12)c1nc2ccc(Cl)cc2[nH]1)N1CCS(=O)CC1. The Morgan fingerprint density at radius 3 is 2.56 bits per heavy atom. The molecule has 13 heteroatoms. The second-order valence-corrected chi connectivity index (χ2v) is 12.9. The molecule has 0 aliphatic carbocycles. The van der Waals surface area contributed by atoms with Crippen LogP contribution in [0.25, 0.3) is 21.9 Å². The molecule has 2 N–H and O–H groups in total. The Bertz CT molecular complexity index is 1650. The standard InChI is InChI=1S/C28H29Cl2N7O3S/c29-17-3-4-21-24(13-17)35-27(33-21)22(5-6-25(38)36-9-11-41(40)12-10-36)34-26-19-14-20(30)18(15-23(19)31-16-32-26)28(39)37-7-1-2-8-37/h3-4,13-16,22H,1-2,5-12H2,(H,33,35)(H,31,32,34). The van der Waals surface area contributed by atoms with Gasteiger partial charge in [-0.25, -0.2) is 15.0 Å². The lowest BCUT2D eigenvalue weighted by Gasteiger charge is -2.27. The lowest BCUT2D eigenvalue weighted by atomic mass is 10.1. The number of H-pyrrole nitrogens is 1. The number of hydrogen-bond acceptors (Lipinski definition) is 7. The second kappa shape index (κ2) is 11.9. The lowest BCUT2D eigenvalue weighted by molar-refractivity contribution is -0.131. The maximum absolute atomic E-state index is 13.1. The average molecular weight is 615 g/mol. The van der Waals surface area contributed by atoms with Crippen LogP contribution < -0.4 is 5.32 Å². The molecule has 2 aromatic carbocycles. The van der Waals surface area contributed by atoms with Crippen molar-refractivity contribution < 1.29 is 13.8 Å². The van der Waals surface area contributed by atoms with Crippen molar-refractivity contribution >= 4 is 73.6 Å². The van der Waals surface area contributed by atoms with Crippen molar-refractivity contribution in [2.45, 2.75) is 31.7 Å². The van der Waals surface area contributed by atoms with E-state index < -0.39 is 16.8 Å². The molecular formula is C28H29Cl2N7O3S. The molecule has 10 nitrogen and oxygen atoms in total. The summed E-state index contributed by atoms with van der Waals surface area (Å²) in [5.74, 6) is 2.08. The van der Waals surface area contributed by atoms with E-state index in [1.165, 1.54) is 6.33 Å². The highest BCUT2D eigenvalue weighted by atomic mass is 35.5. The number of hydrogen-bond donors (Lipinski definition) is 2. The van der Waals surface area contributed by atoms with Gasteiger partial charge in [-0.2, -0.15) is 0 Å². The molecule has 1 atom stereocenters. The summed E-state index contributed by atoms with van der Waals surface area (Å²) in [7, 11) is -0.859. The fraction of sp³-hybridized carbons (Fsp3) is 0.393. The third kappa shape index (κ3) is 6.02. The average Bonchev–Trinajstić information content (AvgIpc) is 3.65. The van der Waals surface area contributed by atoms with Gasteiger partial charge < -0.3 is 20.1 Å². The summed E-state index contributed by atoms with van der Waals surface area (Å²) >= 11 is 12.8. The van der Waals surface area contributed by atoms with E-state index >= 15 is 0 Å². The van der Waals surface area contributed by atoms with Crippen molar-refractivity contribution in [2.75, 3.05) is 43.0 Å². The van der Waals surface area contributed by atoms with Crippen LogP contribution in [0.2, 0.25) is 10.0 Å². The maximum Gasteiger partial charge on any atom is 0.255 e. The predicted octanol–water partition coefficient (Wildman–Crippen LogP) is 4.57. The molecular weight excluding hydrogens is 585 g/mol. The molecule has 2 aliphatic rings. The third-order valence-corrected chi connectivity index (χ3v) is 9.45. The van der Waals surface area contributed by atoms with Gasteiger partial charge >= 0.3 is 0 Å². The molecule has 0 saturated carbocycles. The van der Waals surface area contributed by atoms with Gasteiger partial charge in [0, 0.05) is 65.3 Å². The maximum atomic E-state index is 13.1. The highest BCUT2D eigenvalue weighted by Gasteiger charge is 2.26. The number of amides is 2. The van der Waals surface area contributed by atoms with Crippen LogP contribution >= 0.6 is 23.2 Å². The van der Waals surface area contributed by atoms with Crippen LogP contribution in [0.15, 0.2) is 36.7 Å². The number of anilines is 1. The van der Waals surface area contributed by atoms with Crippen LogP contribution in [0, 0.1) is 0 Å². The summed E-state index contributed by atoms with van der Waals surface area (Å²) in [6.45, 7) is 2.45. The van der Waals surface area contributed by atoms with Crippen molar-refractivity contribution in [3.63, 3.8) is 0 Å². The highest BCUT2D eigenvalue weighted by Crippen LogP contribution is 2.32. The van der Waals surface area contributed by atoms with Crippen molar-refractivity contribution in [1.29, 1.82) is 0 Å². The van der Waals surface area contributed by atoms with E-state index in [1.807, 2.05) is 17.0 Å². The minimum absolute atomic E-state index is 0.00770. The number of fused-ring (bicyclic) bond motifs is 2. The number of imidazole rings is 1. The topological polar surface area (TPSA) is 124 Å². The molecule has 0 spiro atoms. The second-order valence-electron chi connectivity index (χ2n) is 10.3. The number of likely N-dealkylation sites (tertiary alicyclic amines) is 1. The Kier molecular flexibility index (Phi) is 8.10. The van der Waals surface area contributed by atoms with Gasteiger partial charge in [-0.1, -0.05) is 23.2 Å². The Balaban J connectivity index is 1.30. The summed E-state index contributed by atoms with van der Waals surface area (Å²) < 4.78 is 11.7. The Hall–Kier alpha value is -3.28. The summed E-state index contributed by atoms with van der Waals surface area (Å²) in [6.07, 6.45) is 4.11. The number of halogens is 2. The summed E-state index contributed by atoms with van der Waals surface area (Å²) in [5.41, 5.74) is 2.54. The number of aromatic amines is 1. The zero-order chi connectivity index (χ0) is 28.5. The van der Waals surface area contributed by atoms with Crippen LogP contribution in [-0.2, 0) is 15.6 Å². The van der Waals surface area contributed by atoms with Gasteiger partial charge in [0.25, 0.3) is 5.91 Å². The molecule has 214 valence electrons. The van der Waals surface area contributed by atoms with Crippen molar-refractivity contribution in [3.05, 3.63) is 58.1 Å². The first-order valence-electron chi connectivity index (χ1n) is 13.6. The molecule has 2 aliphatic heterocycles. The normalized spacial score (nSPS) is 16.9. The molecule has 2 fully saturated rings. The monoisotopic (exact) mass is 613 g/mol. The van der Waals surface area contributed by atoms with Crippen LogP contribution in [0.4, 0.5) is 5.82 Å². The first-order valence-corrected chi connectivity index (χ1v) is 15.9. The van der Waals surface area contributed by atoms with Gasteiger partial charge in [-0.05, 0) is 49.6 Å². The minimum atomic E-state index is -0.859. The number of benzene rings is 2. The molecule has 4 heterocycles. The molecule has 4 aromatic rings. The first kappa shape index (κ1) is 27.9. The molecule has 6 rings (SSSR count). The number of aromatic nitrogens is 4. The Morgan fingerprint density at radius 2 is 1.78 bits per heavy atom. The van der Waals surface area contributed by atoms with Crippen LogP contribution in [0.5, 0.6) is 0 Å². The van der Waals surface area contributed by atoms with E-state index in [2.05, 4.69) is 20.3 Å². The highest BCUT2D eigenvalue weighted by molar-refractivity contribution is 7.85. The van der Waals surface area contributed by atoms with E-state index in [4.69, 9.17) is 28.2 Å². The lowest BCUT2D eigenvalue weighted by Crippen LogP contribution is -2.41. The van der Waals surface area contributed by atoms with Gasteiger partial charge in [0.2, 0.25) is 5.91 Å². The number of nitrogens with zero attached hydrogens (tertiary/aromatic N) is 5. The molecule has 1 unspecified atom stereocenters. The molecule has 0 radical (unpaired) electrons. The fourth-order valence-corrected chi connectivity index (χ4v) is 6.84. The summed E-state index contributed by atoms with van der Waals surface area (Å²) in [6, 6.07) is 8.45. The quantitative estimate of drug-likeness (QED) is 0.313. The summed E-state index contributed by atoms with van der Waals surface area (Å²) in [5, 5.41) is 5.04. The molecule has 2 saturated heterocycles. The van der Waals surface area contributed by atoms with E-state index in [0.29, 0.717) is 69.2 Å². The fourth-order valence-electron chi connectivity index (χ4n) is 5.37. The predicted molar refractivity (Wildman–Crippen MR) is 161 cm³/mol. The number of carbonyl (C=O) groups is 2. The zero-order valence-electron chi connectivity index (χ0n) is 22.2. The van der Waals surface area contributed by atoms with Crippen molar-refractivity contribution in [1.82, 2.24) is 29.7 Å². The Morgan fingerprint density at radius 1 is 1.00 bits per heavy atom. The van der Waals surface area contributed by atoms with E-state index in [-0.39, 0.29) is 18.2 Å². The Labute approximate surface area is 249 Å². The largest absolute Gasteiger partial charge is 0.359 e. The molecule has 0 bridgehead atoms. The van der Waals surface area contributed by atoms with Crippen LogP contribution in [-0.4, -0.2) is 83.4 Å². The van der Waals surface area contributed by atoms with Gasteiger partial charge in [-0.15, -0.1) is 0 Å². The van der Waals surface area contributed by atoms with E-state index in [1.54, 1.807) is 23.1 Å². The zero-order valence-corrected chi connectivity index (χ0v) is 24.6. The van der Waals surface area contributed by atoms with Gasteiger partial charge in [0.1, 0.15) is 18.0 Å². The third-order valence-electron chi connectivity index (χ3n) is 7.63. The number of rotatable bonds is 7. The molecule has 41 heavy (non-hydrogen) atoms. The van der Waals surface area contributed by atoms with E-state index in [0.717, 1.165) is 37.0 Å². The van der Waals surface area contributed by atoms with E-state index in [9.17, 15) is 13.8 Å². The van der Waals surface area contributed by atoms with Gasteiger partial charge in [-0.3, -0.25) is 13.8 Å². The number of nitrogens with one attached hydrogen (secondary N) is 2. The minimum Gasteiger partial charge on any atom is -0.359 e. The summed E-state index contributed by atoms with van der Waals surface area (Å²) in [4.78, 5) is 46.7. The molecule has 2 amide bonds. The van der Waals surface area contributed by atoms with Crippen molar-refractivity contribution in [3.8, 4) is 0 Å². The van der Waals surface area contributed by atoms with Gasteiger partial charge in [0.05, 0.1) is 33.2 Å². The van der Waals surface area contributed by atoms with Crippen LogP contribution in [0.3, 0.4) is 0 Å². The van der Waals surface area contributed by atoms with Crippen molar-refractivity contribution in [2.24, 2.45) is 0 Å². The molecule has 2 aromatic heterocycles. The van der Waals surface area contributed by atoms with Crippen LogP contribution in [0.1, 0.15) is 47.9 Å².